The summed E-state index contributed by atoms with van der Waals surface area (Å²) >= 11 is 13.3. The number of fused-ring (bicyclic) bond motifs is 1. The predicted molar refractivity (Wildman–Crippen MR) is 135 cm³/mol. The third-order valence-electron chi connectivity index (χ3n) is 8.21. The van der Waals surface area contributed by atoms with E-state index in [9.17, 15) is 5.11 Å². The molecule has 3 aliphatic carbocycles. The number of aliphatic hydroxyl groups is 1. The molecule has 0 amide bonds. The van der Waals surface area contributed by atoms with Gasteiger partial charge in [0.25, 0.3) is 0 Å². The normalized spacial score (nSPS) is 30.4. The molecular formula is C24H27Cl2N7O2. The Morgan fingerprint density at radius 1 is 1.06 bits per heavy atom. The maximum atomic E-state index is 10.2. The van der Waals surface area contributed by atoms with Crippen molar-refractivity contribution in [2.75, 3.05) is 49.6 Å². The monoisotopic (exact) mass is 515 g/mol. The van der Waals surface area contributed by atoms with Crippen LogP contribution in [-0.4, -0.2) is 81.3 Å². The summed E-state index contributed by atoms with van der Waals surface area (Å²) in [5.41, 5.74) is 2.62. The molecule has 2 aliphatic heterocycles. The van der Waals surface area contributed by atoms with Gasteiger partial charge in [0.1, 0.15) is 0 Å². The Morgan fingerprint density at radius 3 is 2.54 bits per heavy atom. The molecule has 184 valence electrons. The molecule has 2 aromatic heterocycles. The van der Waals surface area contributed by atoms with Crippen LogP contribution in [0.4, 0.5) is 17.3 Å². The average Bonchev–Trinajstić information content (AvgIpc) is 3.38. The van der Waals surface area contributed by atoms with Crippen molar-refractivity contribution in [2.24, 2.45) is 5.92 Å². The molecule has 3 aromatic rings. The lowest BCUT2D eigenvalue weighted by Gasteiger charge is -2.61. The standard InChI is InChI=1S/C24H27Cl2N7O2/c25-16-5-15-10-27-23(30-18-11-28-33(22(18)26)24-7-14(8-24)9-24)29-17(15)6-19(16)31-1-3-32(4-2-31)20-12-35-13-21(20)34/h5-6,10-11,14,20-21,34H,1-4,7-9,12-13H2,(H,27,29,30)/t14?,20-,21+,24?/m0/s1. The molecule has 3 saturated carbocycles. The van der Waals surface area contributed by atoms with Gasteiger partial charge in [0.2, 0.25) is 5.95 Å². The van der Waals surface area contributed by atoms with Crippen molar-refractivity contribution in [2.45, 2.75) is 36.9 Å². The van der Waals surface area contributed by atoms with Crippen LogP contribution in [0.3, 0.4) is 0 Å². The van der Waals surface area contributed by atoms with Gasteiger partial charge in [-0.2, -0.15) is 5.10 Å². The van der Waals surface area contributed by atoms with Crippen LogP contribution >= 0.6 is 23.2 Å². The van der Waals surface area contributed by atoms with Crippen molar-refractivity contribution in [1.29, 1.82) is 0 Å². The number of nitrogens with one attached hydrogen (secondary N) is 1. The van der Waals surface area contributed by atoms with Crippen molar-refractivity contribution in [3.05, 3.63) is 34.7 Å². The number of benzene rings is 1. The predicted octanol–water partition coefficient (Wildman–Crippen LogP) is 3.27. The van der Waals surface area contributed by atoms with Crippen molar-refractivity contribution in [1.82, 2.24) is 24.6 Å². The summed E-state index contributed by atoms with van der Waals surface area (Å²) in [5, 5.41) is 20.1. The van der Waals surface area contributed by atoms with E-state index in [1.54, 1.807) is 12.4 Å². The number of halogens is 2. The van der Waals surface area contributed by atoms with Gasteiger partial charge in [-0.3, -0.25) is 4.90 Å². The number of anilines is 3. The fourth-order valence-electron chi connectivity index (χ4n) is 6.08. The molecule has 2 bridgehead atoms. The van der Waals surface area contributed by atoms with E-state index < -0.39 is 6.10 Å². The van der Waals surface area contributed by atoms with Crippen LogP contribution in [0, 0.1) is 5.92 Å². The zero-order chi connectivity index (χ0) is 23.7. The Balaban J connectivity index is 1.10. The van der Waals surface area contributed by atoms with Gasteiger partial charge in [-0.15, -0.1) is 0 Å². The van der Waals surface area contributed by atoms with Crippen LogP contribution in [-0.2, 0) is 10.3 Å². The fourth-order valence-corrected chi connectivity index (χ4v) is 6.69. The molecule has 2 saturated heterocycles. The summed E-state index contributed by atoms with van der Waals surface area (Å²) in [6, 6.07) is 4.03. The Hall–Kier alpha value is -2.17. The van der Waals surface area contributed by atoms with E-state index in [-0.39, 0.29) is 11.6 Å². The van der Waals surface area contributed by atoms with E-state index in [1.807, 2.05) is 16.8 Å². The Labute approximate surface area is 213 Å². The Morgan fingerprint density at radius 2 is 1.86 bits per heavy atom. The molecule has 5 aliphatic rings. The molecule has 1 aromatic carbocycles. The summed E-state index contributed by atoms with van der Waals surface area (Å²) in [7, 11) is 0. The van der Waals surface area contributed by atoms with Gasteiger partial charge in [0, 0.05) is 37.8 Å². The highest BCUT2D eigenvalue weighted by molar-refractivity contribution is 6.34. The molecule has 9 nitrogen and oxygen atoms in total. The molecule has 8 rings (SSSR count). The largest absolute Gasteiger partial charge is 0.389 e. The molecule has 11 heteroatoms. The van der Waals surface area contributed by atoms with E-state index in [1.165, 1.54) is 19.3 Å². The lowest BCUT2D eigenvalue weighted by atomic mass is 9.50. The minimum Gasteiger partial charge on any atom is -0.389 e. The second-order valence-corrected chi connectivity index (χ2v) is 11.1. The number of hydrogen-bond donors (Lipinski definition) is 2. The topological polar surface area (TPSA) is 91.6 Å². The number of piperazine rings is 1. The molecule has 0 spiro atoms. The van der Waals surface area contributed by atoms with Gasteiger partial charge in [-0.1, -0.05) is 23.2 Å². The van der Waals surface area contributed by atoms with Crippen LogP contribution in [0.15, 0.2) is 24.5 Å². The first-order chi connectivity index (χ1) is 17.0. The zero-order valence-corrected chi connectivity index (χ0v) is 20.7. The summed E-state index contributed by atoms with van der Waals surface area (Å²) < 4.78 is 7.40. The van der Waals surface area contributed by atoms with Gasteiger partial charge in [-0.05, 0) is 37.3 Å². The van der Waals surface area contributed by atoms with E-state index >= 15 is 0 Å². The summed E-state index contributed by atoms with van der Waals surface area (Å²) in [6.45, 7) is 4.35. The van der Waals surface area contributed by atoms with Gasteiger partial charge < -0.3 is 20.1 Å². The zero-order valence-electron chi connectivity index (χ0n) is 19.2. The van der Waals surface area contributed by atoms with Crippen LogP contribution in [0.2, 0.25) is 10.2 Å². The first kappa shape index (κ1) is 22.1. The molecular weight excluding hydrogens is 489 g/mol. The highest BCUT2D eigenvalue weighted by Gasteiger charge is 2.59. The summed E-state index contributed by atoms with van der Waals surface area (Å²) in [5.74, 6) is 1.33. The lowest BCUT2D eigenvalue weighted by molar-refractivity contribution is -0.0975. The maximum absolute atomic E-state index is 10.2. The first-order valence-corrected chi connectivity index (χ1v) is 13.0. The molecule has 4 heterocycles. The van der Waals surface area contributed by atoms with E-state index in [2.05, 4.69) is 25.2 Å². The van der Waals surface area contributed by atoms with E-state index in [0.29, 0.717) is 29.3 Å². The number of nitrogens with zero attached hydrogens (tertiary/aromatic N) is 6. The van der Waals surface area contributed by atoms with Crippen LogP contribution in [0.5, 0.6) is 0 Å². The highest BCUT2D eigenvalue weighted by Crippen LogP contribution is 2.63. The second kappa shape index (κ2) is 8.18. The second-order valence-electron chi connectivity index (χ2n) is 10.3. The number of aliphatic hydroxyl groups excluding tert-OH is 1. The molecule has 0 radical (unpaired) electrons. The van der Waals surface area contributed by atoms with Gasteiger partial charge in [0.15, 0.2) is 5.15 Å². The maximum Gasteiger partial charge on any atom is 0.227 e. The molecule has 0 unspecified atom stereocenters. The lowest BCUT2D eigenvalue weighted by Crippen LogP contribution is -2.59. The quantitative estimate of drug-likeness (QED) is 0.534. The minimum atomic E-state index is -0.409. The third kappa shape index (κ3) is 3.59. The number of hydrogen-bond acceptors (Lipinski definition) is 8. The van der Waals surface area contributed by atoms with Crippen molar-refractivity contribution >= 4 is 51.4 Å². The highest BCUT2D eigenvalue weighted by atomic mass is 35.5. The van der Waals surface area contributed by atoms with Gasteiger partial charge >= 0.3 is 0 Å². The Bertz CT molecular complexity index is 1280. The van der Waals surface area contributed by atoms with E-state index in [4.69, 9.17) is 32.9 Å². The Kier molecular flexibility index (Phi) is 5.15. The van der Waals surface area contributed by atoms with Crippen molar-refractivity contribution in [3.8, 4) is 0 Å². The fraction of sp³-hybridized carbons (Fsp3) is 0.542. The number of rotatable bonds is 5. The SMILES string of the molecule is O[C@@H]1COC[C@@H]1N1CCN(c2cc3nc(Nc4cnn(C56CC(C5)C6)c4Cl)ncc3cc2Cl)CC1. The third-order valence-corrected chi connectivity index (χ3v) is 8.87. The van der Waals surface area contributed by atoms with Crippen LogP contribution in [0.1, 0.15) is 19.3 Å². The van der Waals surface area contributed by atoms with Gasteiger partial charge in [-0.25, -0.2) is 14.6 Å². The number of ether oxygens (including phenoxy) is 1. The van der Waals surface area contributed by atoms with Crippen molar-refractivity contribution < 1.29 is 9.84 Å². The van der Waals surface area contributed by atoms with Crippen molar-refractivity contribution in [3.63, 3.8) is 0 Å². The summed E-state index contributed by atoms with van der Waals surface area (Å²) in [4.78, 5) is 13.8. The van der Waals surface area contributed by atoms with Crippen LogP contribution < -0.4 is 10.2 Å². The molecule has 5 fully saturated rings. The first-order valence-electron chi connectivity index (χ1n) is 12.2. The van der Waals surface area contributed by atoms with E-state index in [0.717, 1.165) is 54.4 Å². The smallest absolute Gasteiger partial charge is 0.227 e. The average molecular weight is 516 g/mol. The molecule has 2 atom stereocenters. The van der Waals surface area contributed by atoms with Crippen LogP contribution in [0.25, 0.3) is 10.9 Å². The van der Waals surface area contributed by atoms with Gasteiger partial charge in [0.05, 0.1) is 59.0 Å². The minimum absolute atomic E-state index is 0.0800. The summed E-state index contributed by atoms with van der Waals surface area (Å²) in [6.07, 6.45) is 6.65. The number of aromatic nitrogens is 4. The molecule has 35 heavy (non-hydrogen) atoms. The molecule has 2 N–H and O–H groups in total.